The van der Waals surface area contributed by atoms with Crippen LogP contribution in [0, 0.1) is 0 Å². The lowest BCUT2D eigenvalue weighted by molar-refractivity contribution is 0.239. The molecule has 0 saturated carbocycles. The van der Waals surface area contributed by atoms with E-state index in [2.05, 4.69) is 18.7 Å². The second-order valence-corrected chi connectivity index (χ2v) is 3.59. The minimum atomic E-state index is 0.734. The van der Waals surface area contributed by atoms with E-state index in [1.54, 1.807) is 5.54 Å². The van der Waals surface area contributed by atoms with Gasteiger partial charge in [0.25, 0.3) is 0 Å². The monoisotopic (exact) mass is 173 g/mol. The van der Waals surface area contributed by atoms with Crippen molar-refractivity contribution in [3.8, 4) is 0 Å². The molecule has 0 aromatic heterocycles. The third kappa shape index (κ3) is 2.21. The second-order valence-electron chi connectivity index (χ2n) is 3.33. The summed E-state index contributed by atoms with van der Waals surface area (Å²) < 4.78 is 0. The van der Waals surface area contributed by atoms with Gasteiger partial charge in [0.1, 0.15) is 0 Å². The van der Waals surface area contributed by atoms with Gasteiger partial charge in [-0.05, 0) is 26.7 Å². The molecule has 0 bridgehead atoms. The van der Waals surface area contributed by atoms with Gasteiger partial charge < -0.3 is 0 Å². The van der Waals surface area contributed by atoms with E-state index in [0.717, 1.165) is 18.6 Å². The second kappa shape index (κ2) is 4.13. The normalized spacial score (nSPS) is 33.7. The molecule has 0 aromatic carbocycles. The molecule has 1 aliphatic rings. The quantitative estimate of drug-likeness (QED) is 0.621. The maximum atomic E-state index is 5.47. The van der Waals surface area contributed by atoms with Crippen LogP contribution in [0.1, 0.15) is 26.7 Å². The van der Waals surface area contributed by atoms with E-state index in [4.69, 9.17) is 11.6 Å². The Morgan fingerprint density at radius 2 is 1.91 bits per heavy atom. The summed E-state index contributed by atoms with van der Waals surface area (Å²) in [5.74, 6) is 0. The molecule has 1 saturated heterocycles. The highest BCUT2D eigenvalue weighted by molar-refractivity contribution is 6.25. The number of hydrogen-bond donors (Lipinski definition) is 0. The van der Waals surface area contributed by atoms with Crippen molar-refractivity contribution in [2.75, 3.05) is 6.54 Å². The molecule has 2 unspecified atom stereocenters. The lowest BCUT2D eigenvalue weighted by Crippen LogP contribution is -2.32. The Balaban J connectivity index is 2.41. The Morgan fingerprint density at radius 1 is 1.36 bits per heavy atom. The Morgan fingerprint density at radius 3 is 2.36 bits per heavy atom. The van der Waals surface area contributed by atoms with Crippen LogP contribution in [0.15, 0.2) is 11.6 Å². The van der Waals surface area contributed by atoms with Gasteiger partial charge in [0, 0.05) is 24.2 Å². The number of likely N-dealkylation sites (tertiary alicyclic amines) is 1. The fourth-order valence-corrected chi connectivity index (χ4v) is 1.85. The summed E-state index contributed by atoms with van der Waals surface area (Å²) >= 11 is 5.47. The summed E-state index contributed by atoms with van der Waals surface area (Å²) in [4.78, 5) is 2.48. The molecule has 0 amide bonds. The topological polar surface area (TPSA) is 3.24 Å². The van der Waals surface area contributed by atoms with Crippen LogP contribution in [0.3, 0.4) is 0 Å². The lowest BCUT2D eigenvalue weighted by Gasteiger charge is -2.23. The van der Waals surface area contributed by atoms with E-state index in [9.17, 15) is 0 Å². The Kier molecular flexibility index (Phi) is 3.41. The molecule has 1 fully saturated rings. The molecule has 2 atom stereocenters. The zero-order valence-electron chi connectivity index (χ0n) is 7.26. The standard InChI is InChI=1S/C9H16ClN/c1-8-4-5-9(2)11(8)7-3-6-10/h3,6,8-9H,4-5,7H2,1-2H3/b6-3+. The number of rotatable bonds is 2. The first kappa shape index (κ1) is 9.08. The average Bonchev–Trinajstić information content (AvgIpc) is 2.29. The molecular formula is C9H16ClN. The summed E-state index contributed by atoms with van der Waals surface area (Å²) in [6.07, 6.45) is 4.68. The van der Waals surface area contributed by atoms with Crippen molar-refractivity contribution < 1.29 is 0 Å². The molecule has 0 spiro atoms. The van der Waals surface area contributed by atoms with Crippen molar-refractivity contribution in [3.63, 3.8) is 0 Å². The van der Waals surface area contributed by atoms with Gasteiger partial charge in [-0.15, -0.1) is 0 Å². The minimum absolute atomic E-state index is 0.734. The van der Waals surface area contributed by atoms with Gasteiger partial charge in [-0.2, -0.15) is 0 Å². The molecule has 1 nitrogen and oxygen atoms in total. The maximum absolute atomic E-state index is 5.47. The molecule has 1 aliphatic heterocycles. The van der Waals surface area contributed by atoms with Crippen LogP contribution < -0.4 is 0 Å². The van der Waals surface area contributed by atoms with Gasteiger partial charge in [-0.1, -0.05) is 17.7 Å². The summed E-state index contributed by atoms with van der Waals surface area (Å²) in [5.41, 5.74) is 1.61. The predicted molar refractivity (Wildman–Crippen MR) is 49.9 cm³/mol. The largest absolute Gasteiger partial charge is 0.294 e. The van der Waals surface area contributed by atoms with Gasteiger partial charge in [0.05, 0.1) is 0 Å². The SMILES string of the molecule is CC1CCC(C)N1C/C=C/Cl. The van der Waals surface area contributed by atoms with Crippen molar-refractivity contribution in [2.24, 2.45) is 0 Å². The van der Waals surface area contributed by atoms with Crippen LogP contribution >= 0.6 is 11.6 Å². The molecule has 0 N–H and O–H groups in total. The van der Waals surface area contributed by atoms with E-state index < -0.39 is 0 Å². The zero-order valence-corrected chi connectivity index (χ0v) is 8.01. The van der Waals surface area contributed by atoms with Gasteiger partial charge in [0.2, 0.25) is 0 Å². The van der Waals surface area contributed by atoms with E-state index in [-0.39, 0.29) is 0 Å². The first-order chi connectivity index (χ1) is 5.25. The zero-order chi connectivity index (χ0) is 8.27. The van der Waals surface area contributed by atoms with Crippen molar-refractivity contribution in [3.05, 3.63) is 11.6 Å². The van der Waals surface area contributed by atoms with Crippen LogP contribution in [-0.2, 0) is 0 Å². The molecule has 0 aliphatic carbocycles. The average molecular weight is 174 g/mol. The van der Waals surface area contributed by atoms with Gasteiger partial charge >= 0.3 is 0 Å². The highest BCUT2D eigenvalue weighted by Gasteiger charge is 2.25. The molecule has 1 rings (SSSR count). The van der Waals surface area contributed by atoms with Crippen LogP contribution in [0.25, 0.3) is 0 Å². The number of hydrogen-bond acceptors (Lipinski definition) is 1. The molecule has 0 radical (unpaired) electrons. The lowest BCUT2D eigenvalue weighted by atomic mass is 10.2. The third-order valence-electron chi connectivity index (χ3n) is 2.54. The summed E-state index contributed by atoms with van der Waals surface area (Å²) in [5, 5.41) is 0. The summed E-state index contributed by atoms with van der Waals surface area (Å²) in [7, 11) is 0. The van der Waals surface area contributed by atoms with Crippen LogP contribution in [0.2, 0.25) is 0 Å². The molecular weight excluding hydrogens is 158 g/mol. The first-order valence-corrected chi connectivity index (χ1v) is 4.70. The van der Waals surface area contributed by atoms with E-state index >= 15 is 0 Å². The smallest absolute Gasteiger partial charge is 0.0180 e. The first-order valence-electron chi connectivity index (χ1n) is 4.26. The highest BCUT2D eigenvalue weighted by Crippen LogP contribution is 2.22. The van der Waals surface area contributed by atoms with Crippen LogP contribution in [-0.4, -0.2) is 23.5 Å². The Labute approximate surface area is 74.0 Å². The van der Waals surface area contributed by atoms with Crippen molar-refractivity contribution in [2.45, 2.75) is 38.8 Å². The molecule has 0 aromatic rings. The predicted octanol–water partition coefficient (Wildman–Crippen LogP) is 2.61. The van der Waals surface area contributed by atoms with E-state index in [1.165, 1.54) is 12.8 Å². The van der Waals surface area contributed by atoms with Crippen molar-refractivity contribution in [1.82, 2.24) is 4.90 Å². The Hall–Kier alpha value is -0.0100. The summed E-state index contributed by atoms with van der Waals surface area (Å²) in [6, 6.07) is 1.47. The van der Waals surface area contributed by atoms with Gasteiger partial charge in [-0.25, -0.2) is 0 Å². The minimum Gasteiger partial charge on any atom is -0.294 e. The van der Waals surface area contributed by atoms with E-state index in [1.807, 2.05) is 6.08 Å². The van der Waals surface area contributed by atoms with E-state index in [0.29, 0.717) is 0 Å². The van der Waals surface area contributed by atoms with Crippen molar-refractivity contribution >= 4 is 11.6 Å². The maximum Gasteiger partial charge on any atom is 0.0180 e. The summed E-state index contributed by atoms with van der Waals surface area (Å²) in [6.45, 7) is 5.57. The third-order valence-corrected chi connectivity index (χ3v) is 2.72. The van der Waals surface area contributed by atoms with Crippen LogP contribution in [0.5, 0.6) is 0 Å². The number of halogens is 1. The fraction of sp³-hybridized carbons (Fsp3) is 0.778. The van der Waals surface area contributed by atoms with Gasteiger partial charge in [0.15, 0.2) is 0 Å². The molecule has 64 valence electrons. The number of nitrogens with zero attached hydrogens (tertiary/aromatic N) is 1. The van der Waals surface area contributed by atoms with Crippen LogP contribution in [0.4, 0.5) is 0 Å². The molecule has 2 heteroatoms. The van der Waals surface area contributed by atoms with Crippen molar-refractivity contribution in [1.29, 1.82) is 0 Å². The van der Waals surface area contributed by atoms with Gasteiger partial charge in [-0.3, -0.25) is 4.90 Å². The fourth-order valence-electron chi connectivity index (χ4n) is 1.77. The highest BCUT2D eigenvalue weighted by atomic mass is 35.5. The molecule has 11 heavy (non-hydrogen) atoms. The molecule has 1 heterocycles. The Bertz CT molecular complexity index is 134.